The highest BCUT2D eigenvalue weighted by Gasteiger charge is 2.53. The second-order valence-corrected chi connectivity index (χ2v) is 13.5. The first-order valence-corrected chi connectivity index (χ1v) is 15.5. The van der Waals surface area contributed by atoms with Crippen LogP contribution in [0.4, 0.5) is 0 Å². The van der Waals surface area contributed by atoms with Gasteiger partial charge in [0.2, 0.25) is 15.7 Å². The molecule has 1 saturated heterocycles. The third-order valence-corrected chi connectivity index (χ3v) is 11.2. The molecule has 1 heterocycles. The fourth-order valence-corrected chi connectivity index (χ4v) is 8.73. The van der Waals surface area contributed by atoms with Gasteiger partial charge < -0.3 is 5.11 Å². The summed E-state index contributed by atoms with van der Waals surface area (Å²) in [7, 11) is -0.737. The van der Waals surface area contributed by atoms with Crippen LogP contribution in [0.2, 0.25) is 5.02 Å². The topological polar surface area (TPSA) is 63.9 Å². The predicted octanol–water partition coefficient (Wildman–Crippen LogP) is 4.84. The van der Waals surface area contributed by atoms with Crippen LogP contribution in [0.1, 0.15) is 76.7 Å². The SMILES string of the molecule is CCN1C(=[N+](C2CCCCC2)C2CCCCC2)SCC1(O)c1ccc(Cl)c(S(=O)(=O)N(C)C)c1. The second-order valence-electron chi connectivity index (χ2n) is 10.1. The van der Waals surface area contributed by atoms with Gasteiger partial charge in [-0.1, -0.05) is 30.5 Å². The minimum atomic E-state index is -3.73. The second kappa shape index (κ2) is 10.7. The van der Waals surface area contributed by atoms with E-state index in [0.29, 0.717) is 29.9 Å². The molecule has 0 radical (unpaired) electrons. The molecule has 1 aromatic carbocycles. The molecule has 2 aliphatic carbocycles. The molecule has 0 bridgehead atoms. The molecule has 4 rings (SSSR count). The van der Waals surface area contributed by atoms with Crippen molar-refractivity contribution >= 4 is 38.6 Å². The average molecular weight is 529 g/mol. The Morgan fingerprint density at radius 3 is 2.15 bits per heavy atom. The Kier molecular flexibility index (Phi) is 8.24. The Morgan fingerprint density at radius 2 is 1.65 bits per heavy atom. The minimum absolute atomic E-state index is 0.0380. The molecule has 9 heteroatoms. The number of halogens is 1. The molecule has 1 N–H and O–H groups in total. The van der Waals surface area contributed by atoms with Gasteiger partial charge in [0.1, 0.15) is 4.90 Å². The number of hydrogen-bond donors (Lipinski definition) is 1. The summed E-state index contributed by atoms with van der Waals surface area (Å²) in [6, 6.07) is 5.97. The molecule has 3 aliphatic rings. The van der Waals surface area contributed by atoms with E-state index in [2.05, 4.69) is 16.4 Å². The van der Waals surface area contributed by atoms with Crippen LogP contribution in [0.5, 0.6) is 0 Å². The monoisotopic (exact) mass is 528 g/mol. The van der Waals surface area contributed by atoms with E-state index in [-0.39, 0.29) is 9.92 Å². The summed E-state index contributed by atoms with van der Waals surface area (Å²) < 4.78 is 29.6. The van der Waals surface area contributed by atoms with Crippen LogP contribution in [-0.4, -0.2) is 70.9 Å². The summed E-state index contributed by atoms with van der Waals surface area (Å²) in [6.45, 7) is 2.72. The highest BCUT2D eigenvalue weighted by Crippen LogP contribution is 2.42. The first-order valence-electron chi connectivity index (χ1n) is 12.7. The number of sulfonamides is 1. The van der Waals surface area contributed by atoms with Crippen LogP contribution >= 0.6 is 23.4 Å². The van der Waals surface area contributed by atoms with Crippen molar-refractivity contribution in [1.29, 1.82) is 0 Å². The number of nitrogens with zero attached hydrogens (tertiary/aromatic N) is 3. The summed E-state index contributed by atoms with van der Waals surface area (Å²) >= 11 is 8.03. The van der Waals surface area contributed by atoms with Crippen molar-refractivity contribution in [3.8, 4) is 0 Å². The molecule has 1 atom stereocenters. The molecule has 2 saturated carbocycles. The number of amidine groups is 1. The summed E-state index contributed by atoms with van der Waals surface area (Å²) in [5.74, 6) is 0.467. The Labute approximate surface area is 214 Å². The van der Waals surface area contributed by atoms with Crippen LogP contribution in [0.15, 0.2) is 23.1 Å². The Morgan fingerprint density at radius 1 is 1.09 bits per heavy atom. The number of thioether (sulfide) groups is 1. The zero-order valence-electron chi connectivity index (χ0n) is 20.7. The molecule has 190 valence electrons. The first-order chi connectivity index (χ1) is 16.2. The molecule has 1 aromatic rings. The molecule has 3 fully saturated rings. The van der Waals surface area contributed by atoms with Crippen LogP contribution in [0.25, 0.3) is 0 Å². The Balaban J connectivity index is 1.78. The van der Waals surface area contributed by atoms with Crippen LogP contribution in [0.3, 0.4) is 0 Å². The lowest BCUT2D eigenvalue weighted by atomic mass is 9.90. The molecular weight excluding hydrogens is 490 g/mol. The predicted molar refractivity (Wildman–Crippen MR) is 140 cm³/mol. The van der Waals surface area contributed by atoms with E-state index in [1.807, 2.05) is 0 Å². The molecule has 1 aliphatic heterocycles. The van der Waals surface area contributed by atoms with Gasteiger partial charge in [-0.2, -0.15) is 0 Å². The zero-order chi connectivity index (χ0) is 24.5. The number of benzene rings is 1. The van der Waals surface area contributed by atoms with Crippen molar-refractivity contribution in [1.82, 2.24) is 9.21 Å². The van der Waals surface area contributed by atoms with E-state index in [4.69, 9.17) is 11.6 Å². The maximum atomic E-state index is 12.9. The maximum absolute atomic E-state index is 12.9. The summed E-state index contributed by atoms with van der Waals surface area (Å²) in [5, 5.41) is 13.4. The Bertz CT molecular complexity index is 998. The van der Waals surface area contributed by atoms with E-state index in [1.54, 1.807) is 30.0 Å². The van der Waals surface area contributed by atoms with Crippen molar-refractivity contribution in [2.75, 3.05) is 26.4 Å². The fourth-order valence-electron chi connectivity index (χ4n) is 5.80. The van der Waals surface area contributed by atoms with Crippen LogP contribution < -0.4 is 0 Å². The Hall–Kier alpha value is -0.800. The normalized spacial score (nSPS) is 25.4. The van der Waals surface area contributed by atoms with Crippen LogP contribution in [-0.2, 0) is 15.7 Å². The van der Waals surface area contributed by atoms with E-state index in [0.717, 1.165) is 9.47 Å². The number of hydrogen-bond acceptors (Lipinski definition) is 4. The van der Waals surface area contributed by atoms with Crippen molar-refractivity contribution in [3.05, 3.63) is 28.8 Å². The van der Waals surface area contributed by atoms with Crippen molar-refractivity contribution in [3.63, 3.8) is 0 Å². The molecule has 1 unspecified atom stereocenters. The molecule has 34 heavy (non-hydrogen) atoms. The lowest BCUT2D eigenvalue weighted by molar-refractivity contribution is -0.609. The largest absolute Gasteiger partial charge is 0.349 e. The first kappa shape index (κ1) is 26.3. The van der Waals surface area contributed by atoms with Gasteiger partial charge in [0.25, 0.3) is 0 Å². The smallest absolute Gasteiger partial charge is 0.311 e. The summed E-state index contributed by atoms with van der Waals surface area (Å²) in [5.41, 5.74) is -0.703. The number of rotatable bonds is 6. The number of aliphatic hydroxyl groups is 1. The van der Waals surface area contributed by atoms with Gasteiger partial charge in [0, 0.05) is 19.7 Å². The fraction of sp³-hybridized carbons (Fsp3) is 0.720. The lowest BCUT2D eigenvalue weighted by Gasteiger charge is -2.35. The highest BCUT2D eigenvalue weighted by atomic mass is 35.5. The van der Waals surface area contributed by atoms with E-state index >= 15 is 0 Å². The standard InChI is InChI=1S/C25H39ClN3O3S2/c1-4-28-24(29(20-11-7-5-8-12-20)21-13-9-6-10-14-21)33-18-25(28,30)19-15-16-22(26)23(17-19)34(31,32)27(2)3/h15-17,20-21,30H,4-14,18H2,1-3H3/q+1. The van der Waals surface area contributed by atoms with E-state index < -0.39 is 15.7 Å². The van der Waals surface area contributed by atoms with Crippen molar-refractivity contribution in [2.45, 2.75) is 93.8 Å². The molecule has 6 nitrogen and oxygen atoms in total. The van der Waals surface area contributed by atoms with Crippen LogP contribution in [0, 0.1) is 0 Å². The summed E-state index contributed by atoms with van der Waals surface area (Å²) in [4.78, 5) is 2.15. The van der Waals surface area contributed by atoms with Gasteiger partial charge in [0.05, 0.1) is 29.4 Å². The maximum Gasteiger partial charge on any atom is 0.311 e. The third kappa shape index (κ3) is 4.90. The quantitative estimate of drug-likeness (QED) is 0.535. The van der Waals surface area contributed by atoms with E-state index in [9.17, 15) is 13.5 Å². The van der Waals surface area contributed by atoms with Gasteiger partial charge in [-0.05, 0) is 82.2 Å². The molecule has 0 spiro atoms. The van der Waals surface area contributed by atoms with E-state index in [1.165, 1.54) is 78.3 Å². The minimum Gasteiger partial charge on any atom is -0.349 e. The summed E-state index contributed by atoms with van der Waals surface area (Å²) in [6.07, 6.45) is 12.5. The van der Waals surface area contributed by atoms with Gasteiger partial charge in [-0.3, -0.25) is 4.58 Å². The average Bonchev–Trinajstić information content (AvgIpc) is 3.17. The lowest BCUT2D eigenvalue weighted by Crippen LogP contribution is -2.50. The highest BCUT2D eigenvalue weighted by molar-refractivity contribution is 8.13. The molecular formula is C25H39ClN3O3S2+. The van der Waals surface area contributed by atoms with Gasteiger partial charge >= 0.3 is 5.17 Å². The van der Waals surface area contributed by atoms with Crippen molar-refractivity contribution < 1.29 is 18.1 Å². The molecule has 0 aromatic heterocycles. The zero-order valence-corrected chi connectivity index (χ0v) is 23.1. The van der Waals surface area contributed by atoms with Crippen molar-refractivity contribution in [2.24, 2.45) is 0 Å². The van der Waals surface area contributed by atoms with Gasteiger partial charge in [-0.15, -0.1) is 0 Å². The van der Waals surface area contributed by atoms with Gasteiger partial charge in [0.15, 0.2) is 0 Å². The third-order valence-electron chi connectivity index (χ3n) is 7.71. The van der Waals surface area contributed by atoms with Gasteiger partial charge in [-0.25, -0.2) is 17.6 Å². The molecule has 0 amide bonds.